The van der Waals surface area contributed by atoms with Gasteiger partial charge in [-0.2, -0.15) is 0 Å². The Morgan fingerprint density at radius 3 is 2.42 bits per heavy atom. The van der Waals surface area contributed by atoms with Crippen LogP contribution in [-0.4, -0.2) is 67.1 Å². The number of piperidine rings is 1. The SMILES string of the molecule is Cc1ncnc(C2CC2)c1-c1ncc2nc(NCC3CCN(S(=O)(=O)C4CC4)CC3)c(=O)n(C(C)C3CC3)c2n1. The van der Waals surface area contributed by atoms with Crippen molar-refractivity contribution in [3.8, 4) is 11.4 Å². The maximum atomic E-state index is 13.9. The maximum Gasteiger partial charge on any atom is 0.295 e. The van der Waals surface area contributed by atoms with Gasteiger partial charge in [0, 0.05) is 31.6 Å². The van der Waals surface area contributed by atoms with Gasteiger partial charge >= 0.3 is 0 Å². The lowest BCUT2D eigenvalue weighted by molar-refractivity contribution is 0.281. The Balaban J connectivity index is 1.17. The fraction of sp³-hybridized carbons (Fsp3) is 0.643. The summed E-state index contributed by atoms with van der Waals surface area (Å²) in [5.41, 5.74) is 3.63. The summed E-state index contributed by atoms with van der Waals surface area (Å²) in [7, 11) is -3.13. The molecule has 40 heavy (non-hydrogen) atoms. The number of aryl methyl sites for hydroxylation is 1. The van der Waals surface area contributed by atoms with E-state index in [-0.39, 0.29) is 22.8 Å². The van der Waals surface area contributed by atoms with E-state index in [1.807, 2.05) is 6.92 Å². The molecule has 0 aromatic carbocycles. The van der Waals surface area contributed by atoms with Crippen LogP contribution in [0.2, 0.25) is 0 Å². The number of hydrogen-bond donors (Lipinski definition) is 1. The molecule has 3 saturated carbocycles. The van der Waals surface area contributed by atoms with Crippen LogP contribution in [0, 0.1) is 18.8 Å². The van der Waals surface area contributed by atoms with Crippen molar-refractivity contribution < 1.29 is 8.42 Å². The van der Waals surface area contributed by atoms with Gasteiger partial charge in [0.05, 0.1) is 28.4 Å². The molecule has 3 aromatic rings. The largest absolute Gasteiger partial charge is 0.365 e. The van der Waals surface area contributed by atoms with Crippen LogP contribution in [0.15, 0.2) is 17.3 Å². The molecule has 7 rings (SSSR count). The van der Waals surface area contributed by atoms with E-state index >= 15 is 0 Å². The summed E-state index contributed by atoms with van der Waals surface area (Å²) in [4.78, 5) is 37.1. The Morgan fingerprint density at radius 1 is 1.00 bits per heavy atom. The Labute approximate surface area is 233 Å². The first kappa shape index (κ1) is 25.9. The van der Waals surface area contributed by atoms with E-state index in [1.165, 1.54) is 0 Å². The molecule has 11 nitrogen and oxygen atoms in total. The molecule has 1 aliphatic heterocycles. The number of aromatic nitrogens is 6. The van der Waals surface area contributed by atoms with Crippen LogP contribution in [0.25, 0.3) is 22.6 Å². The zero-order chi connectivity index (χ0) is 27.6. The average molecular weight is 565 g/mol. The minimum Gasteiger partial charge on any atom is -0.365 e. The summed E-state index contributed by atoms with van der Waals surface area (Å²) in [6, 6.07) is -0.00630. The third-order valence-corrected chi connectivity index (χ3v) is 11.4. The van der Waals surface area contributed by atoms with Gasteiger partial charge in [0.2, 0.25) is 10.0 Å². The summed E-state index contributed by atoms with van der Waals surface area (Å²) in [6.45, 7) is 5.70. The molecule has 1 N–H and O–H groups in total. The van der Waals surface area contributed by atoms with Crippen LogP contribution in [0.3, 0.4) is 0 Å². The highest BCUT2D eigenvalue weighted by Crippen LogP contribution is 2.43. The Hall–Kier alpha value is -2.99. The van der Waals surface area contributed by atoms with Gasteiger partial charge in [0.15, 0.2) is 17.3 Å². The molecule has 0 amide bonds. The number of anilines is 1. The molecule has 1 unspecified atom stereocenters. The topological polar surface area (TPSA) is 136 Å². The predicted molar refractivity (Wildman–Crippen MR) is 151 cm³/mol. The van der Waals surface area contributed by atoms with E-state index in [2.05, 4.69) is 32.2 Å². The van der Waals surface area contributed by atoms with Crippen molar-refractivity contribution in [2.24, 2.45) is 11.8 Å². The van der Waals surface area contributed by atoms with E-state index in [1.54, 1.807) is 21.4 Å². The molecule has 4 heterocycles. The summed E-state index contributed by atoms with van der Waals surface area (Å²) in [5.74, 6) is 1.98. The van der Waals surface area contributed by atoms with Crippen molar-refractivity contribution in [2.75, 3.05) is 25.0 Å². The van der Waals surface area contributed by atoms with Crippen molar-refractivity contribution in [1.82, 2.24) is 33.8 Å². The first-order chi connectivity index (χ1) is 19.3. The summed E-state index contributed by atoms with van der Waals surface area (Å²) in [6.07, 6.45) is 10.8. The van der Waals surface area contributed by atoms with Gasteiger partial charge in [-0.1, -0.05) is 0 Å². The molecular weight excluding hydrogens is 528 g/mol. The summed E-state index contributed by atoms with van der Waals surface area (Å²) >= 11 is 0. The highest BCUT2D eigenvalue weighted by atomic mass is 32.2. The molecule has 0 spiro atoms. The van der Waals surface area contributed by atoms with Gasteiger partial charge in [0.25, 0.3) is 5.56 Å². The Morgan fingerprint density at radius 2 is 1.75 bits per heavy atom. The Kier molecular flexibility index (Phi) is 6.38. The smallest absolute Gasteiger partial charge is 0.295 e. The predicted octanol–water partition coefficient (Wildman–Crippen LogP) is 3.42. The quantitative estimate of drug-likeness (QED) is 0.415. The van der Waals surface area contributed by atoms with Gasteiger partial charge in [0.1, 0.15) is 11.8 Å². The number of hydrogen-bond acceptors (Lipinski definition) is 9. The minimum atomic E-state index is -3.13. The third kappa shape index (κ3) is 4.78. The molecule has 4 fully saturated rings. The number of nitrogens with zero attached hydrogens (tertiary/aromatic N) is 7. The first-order valence-electron chi connectivity index (χ1n) is 14.6. The van der Waals surface area contributed by atoms with E-state index < -0.39 is 10.0 Å². The number of fused-ring (bicyclic) bond motifs is 1. The normalized spacial score (nSPS) is 21.6. The molecule has 12 heteroatoms. The van der Waals surface area contributed by atoms with Crippen molar-refractivity contribution in [2.45, 2.75) is 82.4 Å². The molecule has 0 bridgehead atoms. The molecule has 212 valence electrons. The van der Waals surface area contributed by atoms with Crippen LogP contribution in [0.1, 0.15) is 81.6 Å². The average Bonchev–Trinajstić information content (AvgIpc) is 3.79. The second-order valence-corrected chi connectivity index (χ2v) is 14.3. The lowest BCUT2D eigenvalue weighted by atomic mass is 9.98. The van der Waals surface area contributed by atoms with Gasteiger partial charge in [-0.05, 0) is 77.0 Å². The summed E-state index contributed by atoms with van der Waals surface area (Å²) < 4.78 is 28.6. The molecular formula is C28H36N8O3S. The van der Waals surface area contributed by atoms with Crippen LogP contribution in [-0.2, 0) is 10.0 Å². The maximum absolute atomic E-state index is 13.9. The molecule has 0 radical (unpaired) electrons. The fourth-order valence-electron chi connectivity index (χ4n) is 6.02. The van der Waals surface area contributed by atoms with Gasteiger partial charge in [-0.15, -0.1) is 0 Å². The zero-order valence-corrected chi connectivity index (χ0v) is 23.9. The van der Waals surface area contributed by atoms with Crippen LogP contribution in [0.4, 0.5) is 5.82 Å². The van der Waals surface area contributed by atoms with E-state index in [0.717, 1.165) is 68.3 Å². The zero-order valence-electron chi connectivity index (χ0n) is 23.1. The molecule has 3 aliphatic carbocycles. The standard InChI is InChI=1S/C28H36N8O3S/c1-16-23(24(20-5-6-20)32-15-31-16)25-30-14-22-27(34-25)36(17(2)19-3-4-19)28(37)26(33-22)29-13-18-9-11-35(12-10-18)40(38,39)21-7-8-21/h14-15,17-21H,3-13H2,1-2H3,(H,29,33). The molecule has 1 atom stereocenters. The fourth-order valence-corrected chi connectivity index (χ4v) is 7.90. The lowest BCUT2D eigenvalue weighted by Gasteiger charge is -2.31. The Bertz CT molecular complexity index is 1620. The van der Waals surface area contributed by atoms with Crippen LogP contribution in [0.5, 0.6) is 0 Å². The molecule has 4 aliphatic rings. The number of sulfonamides is 1. The second kappa shape index (κ2) is 9.83. The highest BCUT2D eigenvalue weighted by molar-refractivity contribution is 7.90. The number of nitrogens with one attached hydrogen (secondary N) is 1. The first-order valence-corrected chi connectivity index (χ1v) is 16.2. The van der Waals surface area contributed by atoms with Gasteiger partial charge in [-0.25, -0.2) is 37.6 Å². The van der Waals surface area contributed by atoms with E-state index in [0.29, 0.717) is 54.3 Å². The van der Waals surface area contributed by atoms with Gasteiger partial charge < -0.3 is 5.32 Å². The highest BCUT2D eigenvalue weighted by Gasteiger charge is 2.41. The van der Waals surface area contributed by atoms with Crippen molar-refractivity contribution in [3.63, 3.8) is 0 Å². The van der Waals surface area contributed by atoms with Crippen molar-refractivity contribution in [1.29, 1.82) is 0 Å². The van der Waals surface area contributed by atoms with Crippen LogP contribution < -0.4 is 10.9 Å². The monoisotopic (exact) mass is 564 g/mol. The second-order valence-electron chi connectivity index (χ2n) is 12.1. The van der Waals surface area contributed by atoms with Gasteiger partial charge in [-0.3, -0.25) is 9.36 Å². The van der Waals surface area contributed by atoms with E-state index in [4.69, 9.17) is 4.98 Å². The van der Waals surface area contributed by atoms with Crippen LogP contribution >= 0.6 is 0 Å². The van der Waals surface area contributed by atoms with Crippen molar-refractivity contribution >= 4 is 27.0 Å². The van der Waals surface area contributed by atoms with Crippen molar-refractivity contribution in [3.05, 3.63) is 34.3 Å². The minimum absolute atomic E-state index is 0.00630. The molecule has 1 saturated heterocycles. The summed E-state index contributed by atoms with van der Waals surface area (Å²) in [5, 5.41) is 3.15. The third-order valence-electron chi connectivity index (χ3n) is 9.03. The number of rotatable bonds is 9. The molecule has 3 aromatic heterocycles. The van der Waals surface area contributed by atoms with E-state index in [9.17, 15) is 13.2 Å². The lowest BCUT2D eigenvalue weighted by Crippen LogP contribution is -2.41.